The van der Waals surface area contributed by atoms with E-state index >= 15 is 0 Å². The molecule has 1 aromatic rings. The Hall–Kier alpha value is -2.24. The Balaban J connectivity index is 2.00. The molecule has 0 spiro atoms. The topological polar surface area (TPSA) is 59.1 Å². The highest BCUT2D eigenvalue weighted by Crippen LogP contribution is 2.21. The molecule has 0 radical (unpaired) electrons. The molecule has 1 aliphatic heterocycles. The van der Waals surface area contributed by atoms with Crippen LogP contribution in [0.15, 0.2) is 24.3 Å². The van der Waals surface area contributed by atoms with Gasteiger partial charge >= 0.3 is 12.1 Å². The van der Waals surface area contributed by atoms with Gasteiger partial charge in [0.25, 0.3) is 0 Å². The average molecular weight is 334 g/mol. The Bertz CT molecular complexity index is 592. The Morgan fingerprint density at radius 3 is 2.25 bits per heavy atom. The van der Waals surface area contributed by atoms with Gasteiger partial charge in [0.05, 0.1) is 12.7 Å². The third kappa shape index (κ3) is 4.40. The van der Waals surface area contributed by atoms with Gasteiger partial charge in [-0.05, 0) is 52.0 Å². The Morgan fingerprint density at radius 2 is 1.75 bits per heavy atom. The lowest BCUT2D eigenvalue weighted by molar-refractivity contribution is 0.0159. The minimum Gasteiger partial charge on any atom is -0.465 e. The molecule has 1 fully saturated rings. The number of esters is 1. The second kappa shape index (κ2) is 7.11. The van der Waals surface area contributed by atoms with Crippen LogP contribution in [-0.2, 0) is 9.47 Å². The van der Waals surface area contributed by atoms with Crippen molar-refractivity contribution in [2.45, 2.75) is 39.3 Å². The van der Waals surface area contributed by atoms with Gasteiger partial charge in [-0.3, -0.25) is 0 Å². The summed E-state index contributed by atoms with van der Waals surface area (Å²) in [5.74, 6) is -0.343. The first kappa shape index (κ1) is 18.1. The molecule has 132 valence electrons. The van der Waals surface area contributed by atoms with Crippen LogP contribution in [0.3, 0.4) is 0 Å². The highest BCUT2D eigenvalue weighted by Gasteiger charge is 2.30. The van der Waals surface area contributed by atoms with Crippen molar-refractivity contribution in [1.29, 1.82) is 0 Å². The maximum Gasteiger partial charge on any atom is 0.410 e. The normalized spacial score (nSPS) is 18.3. The van der Waals surface area contributed by atoms with Crippen LogP contribution >= 0.6 is 0 Å². The highest BCUT2D eigenvalue weighted by atomic mass is 16.6. The summed E-state index contributed by atoms with van der Waals surface area (Å²) in [6.45, 7) is 9.67. The van der Waals surface area contributed by atoms with E-state index in [0.29, 0.717) is 12.1 Å². The molecule has 1 aromatic carbocycles. The zero-order valence-corrected chi connectivity index (χ0v) is 15.0. The summed E-state index contributed by atoms with van der Waals surface area (Å²) in [6.07, 6.45) is -0.268. The summed E-state index contributed by atoms with van der Waals surface area (Å²) in [5.41, 5.74) is 1.07. The van der Waals surface area contributed by atoms with Gasteiger partial charge in [-0.15, -0.1) is 0 Å². The van der Waals surface area contributed by atoms with E-state index in [-0.39, 0.29) is 18.1 Å². The molecule has 0 bridgehead atoms. The smallest absolute Gasteiger partial charge is 0.410 e. The van der Waals surface area contributed by atoms with E-state index < -0.39 is 5.60 Å². The fourth-order valence-corrected chi connectivity index (χ4v) is 2.71. The van der Waals surface area contributed by atoms with Crippen LogP contribution in [0, 0.1) is 0 Å². The Labute approximate surface area is 143 Å². The largest absolute Gasteiger partial charge is 0.465 e. The lowest BCUT2D eigenvalue weighted by atomic mass is 10.1. The standard InChI is InChI=1S/C18H26N2O4/c1-13-12-19(10-11-20(13)17(22)24-18(2,3)4)15-8-6-14(7-9-15)16(21)23-5/h6-9,13H,10-12H2,1-5H3/t13-/m1/s1. The minimum absolute atomic E-state index is 0.0499. The van der Waals surface area contributed by atoms with Gasteiger partial charge in [0, 0.05) is 31.4 Å². The summed E-state index contributed by atoms with van der Waals surface area (Å²) in [6, 6.07) is 7.37. The van der Waals surface area contributed by atoms with Gasteiger partial charge < -0.3 is 19.3 Å². The van der Waals surface area contributed by atoms with Crippen LogP contribution in [0.5, 0.6) is 0 Å². The van der Waals surface area contributed by atoms with Crippen LogP contribution in [0.2, 0.25) is 0 Å². The molecule has 0 N–H and O–H groups in total. The molecule has 1 atom stereocenters. The van der Waals surface area contributed by atoms with Crippen LogP contribution in [0.1, 0.15) is 38.1 Å². The maximum absolute atomic E-state index is 12.3. The van der Waals surface area contributed by atoms with Crippen LogP contribution < -0.4 is 4.90 Å². The summed E-state index contributed by atoms with van der Waals surface area (Å²) >= 11 is 0. The zero-order chi connectivity index (χ0) is 17.9. The van der Waals surface area contributed by atoms with Crippen molar-refractivity contribution in [2.75, 3.05) is 31.6 Å². The van der Waals surface area contributed by atoms with Gasteiger partial charge in [0.2, 0.25) is 0 Å². The van der Waals surface area contributed by atoms with E-state index in [4.69, 9.17) is 9.47 Å². The van der Waals surface area contributed by atoms with E-state index in [9.17, 15) is 9.59 Å². The lowest BCUT2D eigenvalue weighted by Crippen LogP contribution is -2.55. The number of methoxy groups -OCH3 is 1. The van der Waals surface area contributed by atoms with E-state index in [0.717, 1.165) is 18.8 Å². The van der Waals surface area contributed by atoms with Gasteiger partial charge in [0.15, 0.2) is 0 Å². The first-order valence-electron chi connectivity index (χ1n) is 8.14. The van der Waals surface area contributed by atoms with E-state index in [2.05, 4.69) is 4.90 Å². The predicted octanol–water partition coefficient (Wildman–Crippen LogP) is 2.92. The molecule has 2 rings (SSSR count). The highest BCUT2D eigenvalue weighted by molar-refractivity contribution is 5.89. The Kier molecular flexibility index (Phi) is 5.36. The quantitative estimate of drug-likeness (QED) is 0.778. The van der Waals surface area contributed by atoms with Crippen LogP contribution in [-0.4, -0.2) is 55.3 Å². The summed E-state index contributed by atoms with van der Waals surface area (Å²) in [4.78, 5) is 27.7. The summed E-state index contributed by atoms with van der Waals surface area (Å²) < 4.78 is 10.2. The second-order valence-corrected chi connectivity index (χ2v) is 7.01. The number of ether oxygens (including phenoxy) is 2. The van der Waals surface area contributed by atoms with Crippen molar-refractivity contribution >= 4 is 17.7 Å². The molecule has 6 heteroatoms. The molecule has 0 unspecified atom stereocenters. The molecule has 0 saturated carbocycles. The van der Waals surface area contributed by atoms with E-state index in [1.807, 2.05) is 39.8 Å². The van der Waals surface area contributed by atoms with Crippen molar-refractivity contribution in [3.05, 3.63) is 29.8 Å². The molecule has 24 heavy (non-hydrogen) atoms. The van der Waals surface area contributed by atoms with Gasteiger partial charge in [-0.2, -0.15) is 0 Å². The number of amides is 1. The molecule has 1 amide bonds. The zero-order valence-electron chi connectivity index (χ0n) is 15.0. The summed E-state index contributed by atoms with van der Waals surface area (Å²) in [5, 5.41) is 0. The number of carbonyl (C=O) groups is 2. The average Bonchev–Trinajstić information content (AvgIpc) is 2.52. The maximum atomic E-state index is 12.3. The fraction of sp³-hybridized carbons (Fsp3) is 0.556. The monoisotopic (exact) mass is 334 g/mol. The third-order valence-electron chi connectivity index (χ3n) is 3.91. The molecule has 1 aliphatic rings. The van der Waals surface area contributed by atoms with Crippen LogP contribution in [0.25, 0.3) is 0 Å². The molecule has 0 aliphatic carbocycles. The SMILES string of the molecule is COC(=O)c1ccc(N2CCN(C(=O)OC(C)(C)C)[C@H](C)C2)cc1. The minimum atomic E-state index is -0.488. The Morgan fingerprint density at radius 1 is 1.12 bits per heavy atom. The molecule has 1 saturated heterocycles. The van der Waals surface area contributed by atoms with Crippen molar-refractivity contribution in [3.8, 4) is 0 Å². The number of rotatable bonds is 2. The lowest BCUT2D eigenvalue weighted by Gasteiger charge is -2.41. The van der Waals surface area contributed by atoms with Crippen LogP contribution in [0.4, 0.5) is 10.5 Å². The van der Waals surface area contributed by atoms with Crippen molar-refractivity contribution in [2.24, 2.45) is 0 Å². The molecule has 0 aromatic heterocycles. The number of nitrogens with zero attached hydrogens (tertiary/aromatic N) is 2. The number of piperazine rings is 1. The van der Waals surface area contributed by atoms with Gasteiger partial charge in [-0.25, -0.2) is 9.59 Å². The fourth-order valence-electron chi connectivity index (χ4n) is 2.71. The first-order chi connectivity index (χ1) is 11.2. The number of benzene rings is 1. The first-order valence-corrected chi connectivity index (χ1v) is 8.14. The second-order valence-electron chi connectivity index (χ2n) is 7.01. The third-order valence-corrected chi connectivity index (χ3v) is 3.91. The number of carbonyl (C=O) groups excluding carboxylic acids is 2. The van der Waals surface area contributed by atoms with E-state index in [1.54, 1.807) is 17.0 Å². The van der Waals surface area contributed by atoms with Crippen molar-refractivity contribution < 1.29 is 19.1 Å². The summed E-state index contributed by atoms with van der Waals surface area (Å²) in [7, 11) is 1.37. The molecular formula is C18H26N2O4. The number of anilines is 1. The van der Waals surface area contributed by atoms with Crippen molar-refractivity contribution in [1.82, 2.24) is 4.90 Å². The predicted molar refractivity (Wildman–Crippen MR) is 92.4 cm³/mol. The number of hydrogen-bond donors (Lipinski definition) is 0. The molecule has 1 heterocycles. The van der Waals surface area contributed by atoms with Crippen molar-refractivity contribution in [3.63, 3.8) is 0 Å². The molecule has 6 nitrogen and oxygen atoms in total. The van der Waals surface area contributed by atoms with Gasteiger partial charge in [0.1, 0.15) is 5.60 Å². The van der Waals surface area contributed by atoms with E-state index in [1.165, 1.54) is 7.11 Å². The van der Waals surface area contributed by atoms with Gasteiger partial charge in [-0.1, -0.05) is 0 Å². The molecular weight excluding hydrogens is 308 g/mol. The number of hydrogen-bond acceptors (Lipinski definition) is 5.